The fourth-order valence-corrected chi connectivity index (χ4v) is 1.05. The lowest BCUT2D eigenvalue weighted by molar-refractivity contribution is -0.149. The second kappa shape index (κ2) is 4.25. The average molecular weight is 210 g/mol. The van der Waals surface area contributed by atoms with Crippen LogP contribution in [0.25, 0.3) is 0 Å². The van der Waals surface area contributed by atoms with E-state index in [1.807, 2.05) is 0 Å². The number of carbonyl (C=O) groups is 1. The van der Waals surface area contributed by atoms with Crippen LogP contribution in [-0.2, 0) is 14.9 Å². The summed E-state index contributed by atoms with van der Waals surface area (Å²) in [5, 5.41) is 9.02. The summed E-state index contributed by atoms with van der Waals surface area (Å²) in [6, 6.07) is 0. The summed E-state index contributed by atoms with van der Waals surface area (Å²) in [7, 11) is 0. The van der Waals surface area contributed by atoms with E-state index in [0.29, 0.717) is 12.4 Å². The third kappa shape index (κ3) is 2.43. The summed E-state index contributed by atoms with van der Waals surface area (Å²) in [6.07, 6.45) is 2.51. The molecule has 0 atom stereocenters. The van der Waals surface area contributed by atoms with Gasteiger partial charge in [-0.15, -0.1) is 0 Å². The second-order valence-corrected chi connectivity index (χ2v) is 3.61. The average Bonchev–Trinajstić information content (AvgIpc) is 2.18. The SMILES string of the molecule is CCOC(=O)C(C)(C)c1ncc(O)cn1. The van der Waals surface area contributed by atoms with Gasteiger partial charge in [-0.2, -0.15) is 0 Å². The predicted molar refractivity (Wildman–Crippen MR) is 53.4 cm³/mol. The van der Waals surface area contributed by atoms with Crippen LogP contribution >= 0.6 is 0 Å². The highest BCUT2D eigenvalue weighted by molar-refractivity contribution is 5.80. The summed E-state index contributed by atoms with van der Waals surface area (Å²) in [6.45, 7) is 5.42. The van der Waals surface area contributed by atoms with Crippen LogP contribution < -0.4 is 0 Å². The lowest BCUT2D eigenvalue weighted by atomic mass is 9.92. The van der Waals surface area contributed by atoms with Crippen molar-refractivity contribution in [3.63, 3.8) is 0 Å². The molecule has 1 heterocycles. The monoisotopic (exact) mass is 210 g/mol. The largest absolute Gasteiger partial charge is 0.505 e. The van der Waals surface area contributed by atoms with E-state index in [0.717, 1.165) is 0 Å². The zero-order valence-electron chi connectivity index (χ0n) is 9.02. The van der Waals surface area contributed by atoms with Gasteiger partial charge in [0, 0.05) is 0 Å². The van der Waals surface area contributed by atoms with Crippen LogP contribution in [0.5, 0.6) is 5.75 Å². The molecule has 0 bridgehead atoms. The standard InChI is InChI=1S/C10H14N2O3/c1-4-15-9(14)10(2,3)8-11-5-7(13)6-12-8/h5-6,13H,4H2,1-3H3. The summed E-state index contributed by atoms with van der Waals surface area (Å²) in [5.74, 6) is -0.0761. The van der Waals surface area contributed by atoms with E-state index in [9.17, 15) is 4.79 Å². The fourth-order valence-electron chi connectivity index (χ4n) is 1.05. The summed E-state index contributed by atoms with van der Waals surface area (Å²) in [5.41, 5.74) is -0.899. The van der Waals surface area contributed by atoms with Crippen LogP contribution in [0.2, 0.25) is 0 Å². The van der Waals surface area contributed by atoms with Gasteiger partial charge in [0.1, 0.15) is 11.2 Å². The molecule has 15 heavy (non-hydrogen) atoms. The van der Waals surface area contributed by atoms with E-state index in [2.05, 4.69) is 9.97 Å². The Morgan fingerprint density at radius 1 is 1.47 bits per heavy atom. The normalized spacial score (nSPS) is 11.1. The highest BCUT2D eigenvalue weighted by atomic mass is 16.5. The van der Waals surface area contributed by atoms with Gasteiger partial charge in [-0.05, 0) is 20.8 Å². The van der Waals surface area contributed by atoms with Crippen molar-refractivity contribution in [3.8, 4) is 5.75 Å². The molecular weight excluding hydrogens is 196 g/mol. The molecule has 5 nitrogen and oxygen atoms in total. The number of hydrogen-bond acceptors (Lipinski definition) is 5. The molecule has 0 spiro atoms. The first-order chi connectivity index (χ1) is 6.98. The van der Waals surface area contributed by atoms with Crippen LogP contribution in [0.3, 0.4) is 0 Å². The van der Waals surface area contributed by atoms with Gasteiger partial charge in [-0.1, -0.05) is 0 Å². The van der Waals surface area contributed by atoms with Crippen LogP contribution in [0.4, 0.5) is 0 Å². The van der Waals surface area contributed by atoms with E-state index in [1.165, 1.54) is 12.4 Å². The Kier molecular flexibility index (Phi) is 3.24. The van der Waals surface area contributed by atoms with Crippen molar-refractivity contribution >= 4 is 5.97 Å². The fraction of sp³-hybridized carbons (Fsp3) is 0.500. The molecule has 0 saturated heterocycles. The minimum absolute atomic E-state index is 0.0293. The number of hydrogen-bond donors (Lipinski definition) is 1. The number of aromatic hydroxyl groups is 1. The van der Waals surface area contributed by atoms with Gasteiger partial charge in [0.05, 0.1) is 19.0 Å². The Balaban J connectivity index is 2.94. The van der Waals surface area contributed by atoms with Gasteiger partial charge >= 0.3 is 5.97 Å². The van der Waals surface area contributed by atoms with Crippen LogP contribution in [0.1, 0.15) is 26.6 Å². The molecule has 0 aliphatic heterocycles. The smallest absolute Gasteiger partial charge is 0.319 e. The van der Waals surface area contributed by atoms with Gasteiger partial charge < -0.3 is 9.84 Å². The van der Waals surface area contributed by atoms with Crippen LogP contribution in [0.15, 0.2) is 12.4 Å². The number of esters is 1. The molecule has 5 heteroatoms. The first kappa shape index (κ1) is 11.4. The number of rotatable bonds is 3. The van der Waals surface area contributed by atoms with Crippen molar-refractivity contribution in [1.82, 2.24) is 9.97 Å². The predicted octanol–water partition coefficient (Wildman–Crippen LogP) is 1.02. The third-order valence-corrected chi connectivity index (χ3v) is 1.98. The Hall–Kier alpha value is -1.65. The lowest BCUT2D eigenvalue weighted by Crippen LogP contribution is -2.33. The molecule has 0 aliphatic rings. The van der Waals surface area contributed by atoms with E-state index in [-0.39, 0.29) is 11.7 Å². The summed E-state index contributed by atoms with van der Waals surface area (Å²) >= 11 is 0. The van der Waals surface area contributed by atoms with Crippen molar-refractivity contribution in [2.45, 2.75) is 26.2 Å². The van der Waals surface area contributed by atoms with Gasteiger partial charge in [0.25, 0.3) is 0 Å². The molecule has 0 amide bonds. The number of ether oxygens (including phenoxy) is 1. The molecule has 0 aliphatic carbocycles. The molecule has 0 fully saturated rings. The molecule has 1 N–H and O–H groups in total. The highest BCUT2D eigenvalue weighted by Gasteiger charge is 2.34. The Bertz CT molecular complexity index is 346. The highest BCUT2D eigenvalue weighted by Crippen LogP contribution is 2.21. The van der Waals surface area contributed by atoms with Crippen molar-refractivity contribution in [3.05, 3.63) is 18.2 Å². The minimum Gasteiger partial charge on any atom is -0.505 e. The first-order valence-corrected chi connectivity index (χ1v) is 4.67. The van der Waals surface area contributed by atoms with Gasteiger partial charge in [0.15, 0.2) is 5.75 Å². The molecule has 0 unspecified atom stereocenters. The number of carbonyl (C=O) groups excluding carboxylic acids is 1. The topological polar surface area (TPSA) is 72.3 Å². The second-order valence-electron chi connectivity index (χ2n) is 3.61. The molecule has 0 radical (unpaired) electrons. The third-order valence-electron chi connectivity index (χ3n) is 1.98. The zero-order valence-corrected chi connectivity index (χ0v) is 9.02. The van der Waals surface area contributed by atoms with E-state index in [4.69, 9.17) is 9.84 Å². The Morgan fingerprint density at radius 2 is 2.00 bits per heavy atom. The molecule has 1 rings (SSSR count). The molecule has 0 aromatic carbocycles. The molecule has 1 aromatic rings. The zero-order chi connectivity index (χ0) is 11.5. The molecule has 1 aromatic heterocycles. The number of nitrogens with zero attached hydrogens (tertiary/aromatic N) is 2. The molecule has 0 saturated carbocycles. The van der Waals surface area contributed by atoms with Crippen LogP contribution in [0, 0.1) is 0 Å². The molecule has 82 valence electrons. The minimum atomic E-state index is -0.899. The Morgan fingerprint density at radius 3 is 2.47 bits per heavy atom. The van der Waals surface area contributed by atoms with E-state index in [1.54, 1.807) is 20.8 Å². The first-order valence-electron chi connectivity index (χ1n) is 4.67. The van der Waals surface area contributed by atoms with Crippen molar-refractivity contribution < 1.29 is 14.6 Å². The Labute approximate surface area is 88.1 Å². The maximum atomic E-state index is 11.6. The molecular formula is C10H14N2O3. The van der Waals surface area contributed by atoms with Crippen molar-refractivity contribution in [2.75, 3.05) is 6.61 Å². The number of aromatic nitrogens is 2. The maximum Gasteiger partial charge on any atom is 0.319 e. The lowest BCUT2D eigenvalue weighted by Gasteiger charge is -2.20. The van der Waals surface area contributed by atoms with Gasteiger partial charge in [-0.25, -0.2) is 9.97 Å². The quantitative estimate of drug-likeness (QED) is 0.754. The van der Waals surface area contributed by atoms with Gasteiger partial charge in [0.2, 0.25) is 0 Å². The van der Waals surface area contributed by atoms with Crippen molar-refractivity contribution in [2.24, 2.45) is 0 Å². The van der Waals surface area contributed by atoms with E-state index >= 15 is 0 Å². The summed E-state index contributed by atoms with van der Waals surface area (Å²) < 4.78 is 4.91. The van der Waals surface area contributed by atoms with Gasteiger partial charge in [-0.3, -0.25) is 4.79 Å². The van der Waals surface area contributed by atoms with E-state index < -0.39 is 5.41 Å². The summed E-state index contributed by atoms with van der Waals surface area (Å²) in [4.78, 5) is 19.4. The maximum absolute atomic E-state index is 11.6. The van der Waals surface area contributed by atoms with Crippen LogP contribution in [-0.4, -0.2) is 27.7 Å². The van der Waals surface area contributed by atoms with Crippen molar-refractivity contribution in [1.29, 1.82) is 0 Å².